The lowest BCUT2D eigenvalue weighted by Gasteiger charge is -2.40. The zero-order valence-corrected chi connectivity index (χ0v) is 35.2. The first-order chi connectivity index (χ1) is 31.3. The van der Waals surface area contributed by atoms with Gasteiger partial charge in [-0.05, 0) is 123 Å². The molecule has 0 fully saturated rings. The predicted octanol–water partition coefficient (Wildman–Crippen LogP) is 15.2. The Morgan fingerprint density at radius 3 is 1.90 bits per heavy atom. The summed E-state index contributed by atoms with van der Waals surface area (Å²) in [7, 11) is 0. The molecule has 2 nitrogen and oxygen atoms in total. The zero-order valence-electron chi connectivity index (χ0n) is 35.2. The molecule has 4 aliphatic carbocycles. The Hall–Kier alpha value is -7.42. The third-order valence-electron chi connectivity index (χ3n) is 14.3. The second-order valence-electron chi connectivity index (χ2n) is 17.5. The van der Waals surface area contributed by atoms with Gasteiger partial charge in [0.05, 0.1) is 11.5 Å². The molecule has 1 aliphatic heterocycles. The average molecular weight is 809 g/mol. The highest BCUT2D eigenvalue weighted by molar-refractivity contribution is 5.88. The molecule has 63 heavy (non-hydrogen) atoms. The van der Waals surface area contributed by atoms with Crippen LogP contribution < -0.4 is 9.80 Å². The first-order valence-corrected chi connectivity index (χ1v) is 22.5. The second kappa shape index (κ2) is 15.5. The highest BCUT2D eigenvalue weighted by Gasteiger charge is 2.49. The summed E-state index contributed by atoms with van der Waals surface area (Å²) in [5.41, 5.74) is 17.7. The molecule has 0 N–H and O–H groups in total. The monoisotopic (exact) mass is 808 g/mol. The van der Waals surface area contributed by atoms with Crippen molar-refractivity contribution < 1.29 is 0 Å². The normalized spacial score (nSPS) is 22.4. The maximum Gasteiger partial charge on any atom is 0.0626 e. The number of hydrogen-bond donors (Lipinski definition) is 0. The fourth-order valence-corrected chi connectivity index (χ4v) is 11.4. The van der Waals surface area contributed by atoms with Gasteiger partial charge in [-0.1, -0.05) is 188 Å². The number of anilines is 4. The van der Waals surface area contributed by atoms with Crippen LogP contribution in [0.15, 0.2) is 254 Å². The van der Waals surface area contributed by atoms with Crippen molar-refractivity contribution in [1.29, 1.82) is 0 Å². The highest BCUT2D eigenvalue weighted by Crippen LogP contribution is 2.59. The molecule has 5 atom stereocenters. The third kappa shape index (κ3) is 6.15. The number of para-hydroxylation sites is 1. The van der Waals surface area contributed by atoms with Crippen LogP contribution in [0.1, 0.15) is 41.0 Å². The summed E-state index contributed by atoms with van der Waals surface area (Å²) in [6.07, 6.45) is 25.3. The molecule has 0 saturated carbocycles. The highest BCUT2D eigenvalue weighted by atomic mass is 15.2. The number of nitrogens with zero attached hydrogens (tertiary/aromatic N) is 2. The van der Waals surface area contributed by atoms with E-state index in [2.05, 4.69) is 253 Å². The molecule has 0 aromatic heterocycles. The van der Waals surface area contributed by atoms with Gasteiger partial charge in [-0.25, -0.2) is 0 Å². The van der Waals surface area contributed by atoms with Crippen molar-refractivity contribution in [3.05, 3.63) is 276 Å². The molecule has 5 aliphatic rings. The SMILES string of the molecule is C1=CCC(C2(c3ccccc3)c3ccccc3-c3ccc(N(c4ccc(-c5ccccc5)cc4)c4ccc(C5C=CC6=C(C5)C5C=CC=CC5N6c5ccccc5)cc4)cc32)C=C1. The van der Waals surface area contributed by atoms with Crippen LogP contribution in [0.2, 0.25) is 0 Å². The lowest BCUT2D eigenvalue weighted by molar-refractivity contribution is 0.457. The standard InChI is InChI=1S/C61H48N2/c1-5-17-43(18-6-1)44-29-34-50(35-30-44)62(51-36-31-45(32-37-51)46-33-40-60-56(41-46)55-26-14-16-28-59(55)63(60)49-23-11-4-12-24-49)52-38-39-54-53-25-13-15-27-57(53)61(58(54)42-52,47-19-7-2-8-20-47)48-21-9-3-10-22-48/h1-21,23-40,42,46,48,55,59H,22,41H2. The molecule has 0 saturated heterocycles. The van der Waals surface area contributed by atoms with Crippen molar-refractivity contribution >= 4 is 22.7 Å². The summed E-state index contributed by atoms with van der Waals surface area (Å²) < 4.78 is 0. The van der Waals surface area contributed by atoms with E-state index in [-0.39, 0.29) is 11.3 Å². The molecule has 0 spiro atoms. The molecule has 1 heterocycles. The minimum atomic E-state index is -0.351. The van der Waals surface area contributed by atoms with Crippen molar-refractivity contribution in [2.45, 2.75) is 30.2 Å². The van der Waals surface area contributed by atoms with E-state index in [4.69, 9.17) is 0 Å². The fourth-order valence-electron chi connectivity index (χ4n) is 11.4. The quantitative estimate of drug-likeness (QED) is 0.151. The first-order valence-electron chi connectivity index (χ1n) is 22.5. The molecule has 7 aromatic rings. The van der Waals surface area contributed by atoms with Gasteiger partial charge in [-0.3, -0.25) is 0 Å². The molecule has 0 radical (unpaired) electrons. The van der Waals surface area contributed by atoms with Crippen LogP contribution in [0.25, 0.3) is 22.3 Å². The summed E-state index contributed by atoms with van der Waals surface area (Å²) in [6.45, 7) is 0. The van der Waals surface area contributed by atoms with E-state index >= 15 is 0 Å². The summed E-state index contributed by atoms with van der Waals surface area (Å²) >= 11 is 0. The van der Waals surface area contributed by atoms with Crippen molar-refractivity contribution in [3.63, 3.8) is 0 Å². The maximum atomic E-state index is 2.54. The van der Waals surface area contributed by atoms with Gasteiger partial charge in [0, 0.05) is 40.3 Å². The predicted molar refractivity (Wildman–Crippen MR) is 263 cm³/mol. The third-order valence-corrected chi connectivity index (χ3v) is 14.3. The van der Waals surface area contributed by atoms with Crippen LogP contribution >= 0.6 is 0 Å². The van der Waals surface area contributed by atoms with Gasteiger partial charge in [0.25, 0.3) is 0 Å². The van der Waals surface area contributed by atoms with Crippen LogP contribution in [0, 0.1) is 11.8 Å². The van der Waals surface area contributed by atoms with E-state index in [9.17, 15) is 0 Å². The topological polar surface area (TPSA) is 6.48 Å². The molecular formula is C61H48N2. The van der Waals surface area contributed by atoms with Gasteiger partial charge in [0.1, 0.15) is 0 Å². The van der Waals surface area contributed by atoms with Crippen LogP contribution in [0.3, 0.4) is 0 Å². The van der Waals surface area contributed by atoms with E-state index in [0.29, 0.717) is 17.9 Å². The van der Waals surface area contributed by atoms with Crippen molar-refractivity contribution in [1.82, 2.24) is 0 Å². The number of rotatable bonds is 8. The Kier molecular flexibility index (Phi) is 9.18. The summed E-state index contributed by atoms with van der Waals surface area (Å²) in [5.74, 6) is 0.935. The molecule has 5 unspecified atom stereocenters. The zero-order chi connectivity index (χ0) is 41.7. The fraction of sp³-hybridized carbons (Fsp3) is 0.115. The Morgan fingerprint density at radius 1 is 0.508 bits per heavy atom. The second-order valence-corrected chi connectivity index (χ2v) is 17.5. The van der Waals surface area contributed by atoms with Gasteiger partial charge in [-0.15, -0.1) is 0 Å². The van der Waals surface area contributed by atoms with Gasteiger partial charge in [0.15, 0.2) is 0 Å². The van der Waals surface area contributed by atoms with Crippen molar-refractivity contribution in [2.75, 3.05) is 9.80 Å². The lowest BCUT2D eigenvalue weighted by Crippen LogP contribution is -2.35. The summed E-state index contributed by atoms with van der Waals surface area (Å²) in [4.78, 5) is 5.00. The van der Waals surface area contributed by atoms with Crippen LogP contribution in [0.4, 0.5) is 22.7 Å². The number of benzene rings is 7. The van der Waals surface area contributed by atoms with E-state index in [0.717, 1.165) is 29.9 Å². The molecule has 0 bridgehead atoms. The largest absolute Gasteiger partial charge is 0.334 e. The van der Waals surface area contributed by atoms with E-state index in [1.54, 1.807) is 0 Å². The lowest BCUT2D eigenvalue weighted by atomic mass is 9.62. The number of allylic oxidation sites excluding steroid dienone is 8. The van der Waals surface area contributed by atoms with Crippen LogP contribution in [0.5, 0.6) is 0 Å². The van der Waals surface area contributed by atoms with Crippen LogP contribution in [-0.4, -0.2) is 6.04 Å². The van der Waals surface area contributed by atoms with Crippen molar-refractivity contribution in [2.24, 2.45) is 11.8 Å². The average Bonchev–Trinajstić information content (AvgIpc) is 3.86. The Labute approximate surface area is 371 Å². The van der Waals surface area contributed by atoms with Gasteiger partial charge < -0.3 is 9.80 Å². The molecule has 2 heteroatoms. The van der Waals surface area contributed by atoms with Gasteiger partial charge in [0.2, 0.25) is 0 Å². The van der Waals surface area contributed by atoms with E-state index in [1.807, 2.05) is 0 Å². The smallest absolute Gasteiger partial charge is 0.0626 e. The Bertz CT molecular complexity index is 3010. The minimum absolute atomic E-state index is 0.259. The number of fused-ring (bicyclic) bond motifs is 5. The van der Waals surface area contributed by atoms with Gasteiger partial charge in [-0.2, -0.15) is 0 Å². The summed E-state index contributed by atoms with van der Waals surface area (Å²) in [6, 6.07) is 68.0. The first kappa shape index (κ1) is 37.4. The summed E-state index contributed by atoms with van der Waals surface area (Å²) in [5, 5.41) is 0. The molecule has 0 amide bonds. The minimum Gasteiger partial charge on any atom is -0.334 e. The van der Waals surface area contributed by atoms with Gasteiger partial charge >= 0.3 is 0 Å². The number of hydrogen-bond acceptors (Lipinski definition) is 2. The Balaban J connectivity index is 0.955. The van der Waals surface area contributed by atoms with Crippen LogP contribution in [-0.2, 0) is 5.41 Å². The molecular weight excluding hydrogens is 761 g/mol. The maximum absolute atomic E-state index is 2.54. The molecule has 7 aromatic carbocycles. The Morgan fingerprint density at radius 2 is 1.14 bits per heavy atom. The molecule has 12 rings (SSSR count). The molecule has 302 valence electrons. The van der Waals surface area contributed by atoms with Crippen molar-refractivity contribution in [3.8, 4) is 22.3 Å². The van der Waals surface area contributed by atoms with E-state index in [1.165, 1.54) is 61.5 Å². The van der Waals surface area contributed by atoms with E-state index < -0.39 is 0 Å².